The number of rotatable bonds is 5. The number of nitrogens with one attached hydrogen (secondary N) is 1. The summed E-state index contributed by atoms with van der Waals surface area (Å²) in [5.74, 6) is 0. The highest BCUT2D eigenvalue weighted by Gasteiger charge is 1.93. The van der Waals surface area contributed by atoms with Gasteiger partial charge in [0, 0.05) is 12.7 Å². The van der Waals surface area contributed by atoms with Gasteiger partial charge in [-0.3, -0.25) is 4.98 Å². The molecule has 0 aliphatic carbocycles. The van der Waals surface area contributed by atoms with Gasteiger partial charge in [0.1, 0.15) is 0 Å². The van der Waals surface area contributed by atoms with Crippen LogP contribution in [0.15, 0.2) is 24.9 Å². The highest BCUT2D eigenvalue weighted by molar-refractivity contribution is 5.46. The zero-order valence-electron chi connectivity index (χ0n) is 8.09. The molecule has 0 aliphatic rings. The highest BCUT2D eigenvalue weighted by Crippen LogP contribution is 2.02. The predicted octanol–water partition coefficient (Wildman–Crippen LogP) is 2.22. The van der Waals surface area contributed by atoms with Crippen molar-refractivity contribution in [2.45, 2.75) is 19.9 Å². The lowest BCUT2D eigenvalue weighted by Crippen LogP contribution is -2.14. The molecule has 1 rings (SSSR count). The van der Waals surface area contributed by atoms with E-state index in [-0.39, 0.29) is 0 Å². The van der Waals surface area contributed by atoms with E-state index in [1.54, 1.807) is 0 Å². The molecule has 1 heterocycles. The molecule has 0 amide bonds. The van der Waals surface area contributed by atoms with E-state index < -0.39 is 0 Å². The van der Waals surface area contributed by atoms with E-state index in [1.807, 2.05) is 18.3 Å². The molecule has 0 saturated carbocycles. The van der Waals surface area contributed by atoms with Crippen LogP contribution in [0.25, 0.3) is 6.08 Å². The number of aromatic nitrogens is 1. The van der Waals surface area contributed by atoms with Gasteiger partial charge in [-0.1, -0.05) is 19.6 Å². The normalized spacial score (nSPS) is 9.92. The maximum absolute atomic E-state index is 4.25. The fraction of sp³-hybridized carbons (Fsp3) is 0.364. The Kier molecular flexibility index (Phi) is 4.19. The Morgan fingerprint density at radius 1 is 1.62 bits per heavy atom. The maximum atomic E-state index is 4.25. The number of nitrogens with zero attached hydrogens (tertiary/aromatic N) is 1. The van der Waals surface area contributed by atoms with Gasteiger partial charge < -0.3 is 5.32 Å². The molecule has 0 atom stereocenters. The third-order valence-corrected chi connectivity index (χ3v) is 1.81. The summed E-state index contributed by atoms with van der Waals surface area (Å²) in [6.45, 7) is 7.76. The van der Waals surface area contributed by atoms with Crippen molar-refractivity contribution in [1.82, 2.24) is 10.3 Å². The van der Waals surface area contributed by atoms with Gasteiger partial charge in [0.2, 0.25) is 0 Å². The highest BCUT2D eigenvalue weighted by atomic mass is 14.9. The molecule has 70 valence electrons. The van der Waals surface area contributed by atoms with Gasteiger partial charge in [0.25, 0.3) is 0 Å². The molecular weight excluding hydrogens is 160 g/mol. The first-order valence-corrected chi connectivity index (χ1v) is 4.65. The maximum Gasteiger partial charge on any atom is 0.0547 e. The molecule has 0 saturated heterocycles. The third kappa shape index (κ3) is 3.38. The monoisotopic (exact) mass is 176 g/mol. The smallest absolute Gasteiger partial charge is 0.0547 e. The molecule has 13 heavy (non-hydrogen) atoms. The Hall–Kier alpha value is -1.15. The molecule has 2 nitrogen and oxygen atoms in total. The summed E-state index contributed by atoms with van der Waals surface area (Å²) in [4.78, 5) is 4.25. The molecule has 0 unspecified atom stereocenters. The predicted molar refractivity (Wildman–Crippen MR) is 56.3 cm³/mol. The fourth-order valence-corrected chi connectivity index (χ4v) is 1.11. The minimum atomic E-state index is 0.843. The van der Waals surface area contributed by atoms with Crippen molar-refractivity contribution >= 4 is 6.08 Å². The standard InChI is InChI=1S/C11H16N2/c1-3-6-12-9-11-8-10(4-2)5-7-13-11/h4-5,7-8,12H,2-3,6,9H2,1H3. The largest absolute Gasteiger partial charge is 0.311 e. The van der Waals surface area contributed by atoms with Gasteiger partial charge in [-0.15, -0.1) is 0 Å². The van der Waals surface area contributed by atoms with Crippen LogP contribution in [0.3, 0.4) is 0 Å². The number of hydrogen-bond donors (Lipinski definition) is 1. The molecule has 1 aromatic rings. The Labute approximate surface area is 79.7 Å². The summed E-state index contributed by atoms with van der Waals surface area (Å²) in [6.07, 6.45) is 4.81. The first-order chi connectivity index (χ1) is 6.36. The Bertz CT molecular complexity index is 269. The summed E-state index contributed by atoms with van der Waals surface area (Å²) in [6, 6.07) is 4.01. The number of pyridine rings is 1. The Morgan fingerprint density at radius 2 is 2.46 bits per heavy atom. The summed E-state index contributed by atoms with van der Waals surface area (Å²) in [5.41, 5.74) is 2.20. The Morgan fingerprint density at radius 3 is 3.15 bits per heavy atom. The van der Waals surface area contributed by atoms with Crippen molar-refractivity contribution in [2.24, 2.45) is 0 Å². The van der Waals surface area contributed by atoms with Gasteiger partial charge in [-0.05, 0) is 30.7 Å². The molecule has 0 radical (unpaired) electrons. The molecule has 0 fully saturated rings. The van der Waals surface area contributed by atoms with Crippen LogP contribution in [0.1, 0.15) is 24.6 Å². The van der Waals surface area contributed by atoms with E-state index in [0.717, 1.165) is 30.8 Å². The van der Waals surface area contributed by atoms with Gasteiger partial charge in [0.05, 0.1) is 5.69 Å². The van der Waals surface area contributed by atoms with E-state index in [9.17, 15) is 0 Å². The lowest BCUT2D eigenvalue weighted by Gasteiger charge is -2.02. The van der Waals surface area contributed by atoms with Crippen LogP contribution in [0, 0.1) is 0 Å². The molecule has 0 aromatic carbocycles. The zero-order chi connectivity index (χ0) is 9.52. The van der Waals surface area contributed by atoms with E-state index in [0.29, 0.717) is 0 Å². The summed E-state index contributed by atoms with van der Waals surface area (Å²) in [7, 11) is 0. The van der Waals surface area contributed by atoms with Crippen LogP contribution in [0.4, 0.5) is 0 Å². The quantitative estimate of drug-likeness (QED) is 0.696. The van der Waals surface area contributed by atoms with E-state index in [2.05, 4.69) is 29.9 Å². The summed E-state index contributed by atoms with van der Waals surface area (Å²) in [5, 5.41) is 3.31. The SMILES string of the molecule is C=Cc1ccnc(CNCCC)c1. The van der Waals surface area contributed by atoms with E-state index >= 15 is 0 Å². The molecule has 0 aliphatic heterocycles. The summed E-state index contributed by atoms with van der Waals surface area (Å²) < 4.78 is 0. The second-order valence-electron chi connectivity index (χ2n) is 2.96. The van der Waals surface area contributed by atoms with E-state index in [4.69, 9.17) is 0 Å². The zero-order valence-corrected chi connectivity index (χ0v) is 8.09. The summed E-state index contributed by atoms with van der Waals surface area (Å²) >= 11 is 0. The fourth-order valence-electron chi connectivity index (χ4n) is 1.11. The minimum Gasteiger partial charge on any atom is -0.311 e. The average Bonchev–Trinajstić information content (AvgIpc) is 2.19. The molecule has 2 heteroatoms. The van der Waals surface area contributed by atoms with Gasteiger partial charge in [-0.2, -0.15) is 0 Å². The van der Waals surface area contributed by atoms with Gasteiger partial charge in [-0.25, -0.2) is 0 Å². The molecule has 0 bridgehead atoms. The second kappa shape index (κ2) is 5.49. The van der Waals surface area contributed by atoms with Crippen molar-refractivity contribution in [3.63, 3.8) is 0 Å². The number of hydrogen-bond acceptors (Lipinski definition) is 2. The lowest BCUT2D eigenvalue weighted by atomic mass is 10.2. The van der Waals surface area contributed by atoms with Gasteiger partial charge >= 0.3 is 0 Å². The van der Waals surface area contributed by atoms with Crippen LogP contribution >= 0.6 is 0 Å². The van der Waals surface area contributed by atoms with Crippen molar-refractivity contribution in [3.05, 3.63) is 36.2 Å². The first kappa shape index (κ1) is 9.93. The lowest BCUT2D eigenvalue weighted by molar-refractivity contribution is 0.664. The molecule has 1 aromatic heterocycles. The van der Waals surface area contributed by atoms with Crippen molar-refractivity contribution < 1.29 is 0 Å². The van der Waals surface area contributed by atoms with E-state index in [1.165, 1.54) is 0 Å². The van der Waals surface area contributed by atoms with Crippen LogP contribution in [-0.2, 0) is 6.54 Å². The first-order valence-electron chi connectivity index (χ1n) is 4.65. The van der Waals surface area contributed by atoms with Crippen LogP contribution in [0.2, 0.25) is 0 Å². The van der Waals surface area contributed by atoms with Crippen molar-refractivity contribution in [1.29, 1.82) is 0 Å². The van der Waals surface area contributed by atoms with Gasteiger partial charge in [0.15, 0.2) is 0 Å². The molecule has 1 N–H and O–H groups in total. The molecule has 0 spiro atoms. The second-order valence-corrected chi connectivity index (χ2v) is 2.96. The Balaban J connectivity index is 2.51. The van der Waals surface area contributed by atoms with Crippen LogP contribution in [0.5, 0.6) is 0 Å². The van der Waals surface area contributed by atoms with Crippen LogP contribution < -0.4 is 5.32 Å². The minimum absolute atomic E-state index is 0.843. The third-order valence-electron chi connectivity index (χ3n) is 1.81. The van der Waals surface area contributed by atoms with Crippen molar-refractivity contribution in [2.75, 3.05) is 6.54 Å². The molecular formula is C11H16N2. The average molecular weight is 176 g/mol. The van der Waals surface area contributed by atoms with Crippen LogP contribution in [-0.4, -0.2) is 11.5 Å². The topological polar surface area (TPSA) is 24.9 Å². The van der Waals surface area contributed by atoms with Crippen molar-refractivity contribution in [3.8, 4) is 0 Å².